The Hall–Kier alpha value is -4.98. The van der Waals surface area contributed by atoms with Crippen molar-refractivity contribution in [2.75, 3.05) is 0 Å². The van der Waals surface area contributed by atoms with Gasteiger partial charge in [0, 0.05) is 11.8 Å². The number of rotatable bonds is 7. The number of allylic oxidation sites excluding steroid dienone is 1. The van der Waals surface area contributed by atoms with E-state index >= 15 is 0 Å². The number of benzene rings is 6. The lowest BCUT2D eigenvalue weighted by molar-refractivity contribution is 0.391. The number of hydrogen-bond acceptors (Lipinski definition) is 1. The summed E-state index contributed by atoms with van der Waals surface area (Å²) in [5.74, 6) is 0.0480. The molecule has 0 radical (unpaired) electrons. The molecule has 1 unspecified atom stereocenters. The minimum atomic E-state index is -0.689. The van der Waals surface area contributed by atoms with Gasteiger partial charge in [-0.1, -0.05) is 176 Å². The third-order valence-corrected chi connectivity index (χ3v) is 8.94. The number of fused-ring (bicyclic) bond motifs is 1. The minimum absolute atomic E-state index is 0.0387. The fourth-order valence-electron chi connectivity index (χ4n) is 7.10. The quantitative estimate of drug-likeness (QED) is 0.209. The highest BCUT2D eigenvalue weighted by molar-refractivity contribution is 5.85. The molecule has 0 aromatic heterocycles. The summed E-state index contributed by atoms with van der Waals surface area (Å²) >= 11 is 0. The molecule has 1 atom stereocenters. The van der Waals surface area contributed by atoms with E-state index in [0.717, 1.165) is 0 Å². The van der Waals surface area contributed by atoms with Crippen molar-refractivity contribution >= 4 is 5.57 Å². The SMILES string of the molecule is NC1(C(c2ccccc2)c2ccccc2)CC=C(C(c2ccccc2)c2ccccc2)c2cccc(-c3ccccc3)c21. The van der Waals surface area contributed by atoms with E-state index in [1.165, 1.54) is 50.1 Å². The van der Waals surface area contributed by atoms with Crippen molar-refractivity contribution in [3.05, 3.63) is 209 Å². The van der Waals surface area contributed by atoms with E-state index in [4.69, 9.17) is 5.73 Å². The first-order chi connectivity index (χ1) is 21.2. The van der Waals surface area contributed by atoms with E-state index in [1.807, 2.05) is 0 Å². The van der Waals surface area contributed by atoms with Gasteiger partial charge >= 0.3 is 0 Å². The van der Waals surface area contributed by atoms with E-state index in [9.17, 15) is 0 Å². The molecule has 0 fully saturated rings. The Kier molecular flexibility index (Phi) is 7.33. The summed E-state index contributed by atoms with van der Waals surface area (Å²) in [6.07, 6.45) is 3.14. The van der Waals surface area contributed by atoms with E-state index in [-0.39, 0.29) is 11.8 Å². The molecule has 0 spiro atoms. The third-order valence-electron chi connectivity index (χ3n) is 8.94. The van der Waals surface area contributed by atoms with Crippen molar-refractivity contribution in [2.24, 2.45) is 5.73 Å². The Morgan fingerprint density at radius 1 is 0.442 bits per heavy atom. The first-order valence-corrected chi connectivity index (χ1v) is 15.1. The summed E-state index contributed by atoms with van der Waals surface area (Å²) in [5, 5.41) is 0. The Labute approximate surface area is 255 Å². The average Bonchev–Trinajstić information content (AvgIpc) is 3.08. The average molecular weight is 554 g/mol. The van der Waals surface area contributed by atoms with Crippen LogP contribution in [0.15, 0.2) is 176 Å². The van der Waals surface area contributed by atoms with E-state index in [2.05, 4.69) is 176 Å². The second-order valence-corrected chi connectivity index (χ2v) is 11.5. The fraction of sp³-hybridized carbons (Fsp3) is 0.0952. The molecule has 6 aromatic carbocycles. The molecule has 0 aliphatic heterocycles. The Balaban J connectivity index is 1.51. The zero-order valence-electron chi connectivity index (χ0n) is 24.2. The normalized spacial score (nSPS) is 16.1. The van der Waals surface area contributed by atoms with Crippen LogP contribution >= 0.6 is 0 Å². The van der Waals surface area contributed by atoms with Crippen LogP contribution in [0.5, 0.6) is 0 Å². The highest BCUT2D eigenvalue weighted by atomic mass is 14.8. The molecule has 1 nitrogen and oxygen atoms in total. The summed E-state index contributed by atoms with van der Waals surface area (Å²) in [4.78, 5) is 0. The molecule has 208 valence electrons. The van der Waals surface area contributed by atoms with Gasteiger partial charge in [-0.3, -0.25) is 0 Å². The maximum atomic E-state index is 7.91. The first kappa shape index (κ1) is 26.9. The van der Waals surface area contributed by atoms with Gasteiger partial charge < -0.3 is 5.73 Å². The van der Waals surface area contributed by atoms with Gasteiger partial charge in [-0.15, -0.1) is 0 Å². The van der Waals surface area contributed by atoms with Crippen LogP contribution in [0.2, 0.25) is 0 Å². The molecule has 0 saturated heterocycles. The smallest absolute Gasteiger partial charge is 0.0567 e. The van der Waals surface area contributed by atoms with E-state index in [0.29, 0.717) is 6.42 Å². The number of hydrogen-bond donors (Lipinski definition) is 1. The Morgan fingerprint density at radius 3 is 1.35 bits per heavy atom. The van der Waals surface area contributed by atoms with Crippen LogP contribution in [-0.2, 0) is 5.54 Å². The lowest BCUT2D eigenvalue weighted by Gasteiger charge is -2.44. The van der Waals surface area contributed by atoms with Crippen molar-refractivity contribution in [1.29, 1.82) is 0 Å². The van der Waals surface area contributed by atoms with Crippen LogP contribution in [0.1, 0.15) is 51.6 Å². The molecule has 0 heterocycles. The summed E-state index contributed by atoms with van der Waals surface area (Å²) in [6.45, 7) is 0. The zero-order chi connectivity index (χ0) is 29.1. The van der Waals surface area contributed by atoms with Crippen molar-refractivity contribution in [2.45, 2.75) is 23.8 Å². The third kappa shape index (κ3) is 5.03. The standard InChI is InChI=1S/C42H35N/c43-42(40(34-23-12-4-13-24-34)35-25-14-5-15-26-35)30-29-37(38-28-16-27-36(41(38)42)31-17-6-1-7-18-31)39(32-19-8-2-9-20-32)33-21-10-3-11-22-33/h1-29,39-40H,30,43H2. The predicted molar refractivity (Wildman–Crippen MR) is 180 cm³/mol. The molecule has 7 rings (SSSR count). The second kappa shape index (κ2) is 11.7. The van der Waals surface area contributed by atoms with Gasteiger partial charge in [-0.25, -0.2) is 0 Å². The molecule has 1 aliphatic carbocycles. The Morgan fingerprint density at radius 2 is 0.860 bits per heavy atom. The van der Waals surface area contributed by atoms with Crippen molar-refractivity contribution in [3.8, 4) is 11.1 Å². The topological polar surface area (TPSA) is 26.0 Å². The van der Waals surface area contributed by atoms with Crippen LogP contribution in [-0.4, -0.2) is 0 Å². The second-order valence-electron chi connectivity index (χ2n) is 11.5. The first-order valence-electron chi connectivity index (χ1n) is 15.1. The molecule has 0 bridgehead atoms. The van der Waals surface area contributed by atoms with Crippen molar-refractivity contribution < 1.29 is 0 Å². The van der Waals surface area contributed by atoms with E-state index in [1.54, 1.807) is 0 Å². The maximum absolute atomic E-state index is 7.91. The molecule has 0 saturated carbocycles. The maximum Gasteiger partial charge on any atom is 0.0567 e. The monoisotopic (exact) mass is 553 g/mol. The van der Waals surface area contributed by atoms with Crippen LogP contribution in [0.4, 0.5) is 0 Å². The summed E-state index contributed by atoms with van der Waals surface area (Å²) in [7, 11) is 0. The molecule has 1 heteroatoms. The predicted octanol–water partition coefficient (Wildman–Crippen LogP) is 9.96. The van der Waals surface area contributed by atoms with Crippen molar-refractivity contribution in [1.82, 2.24) is 0 Å². The molecule has 1 aliphatic rings. The highest BCUT2D eigenvalue weighted by Crippen LogP contribution is 2.53. The molecular formula is C42H35N. The van der Waals surface area contributed by atoms with Gasteiger partial charge in [0.05, 0.1) is 5.54 Å². The molecular weight excluding hydrogens is 518 g/mol. The minimum Gasteiger partial charge on any atom is -0.320 e. The molecule has 2 N–H and O–H groups in total. The fourth-order valence-corrected chi connectivity index (χ4v) is 7.10. The van der Waals surface area contributed by atoms with Crippen molar-refractivity contribution in [3.63, 3.8) is 0 Å². The van der Waals surface area contributed by atoms with Gasteiger partial charge in [0.25, 0.3) is 0 Å². The van der Waals surface area contributed by atoms with Crippen LogP contribution in [0.3, 0.4) is 0 Å². The largest absolute Gasteiger partial charge is 0.320 e. The summed E-state index contributed by atoms with van der Waals surface area (Å²) in [6, 6.07) is 60.9. The lowest BCUT2D eigenvalue weighted by atomic mass is 9.62. The van der Waals surface area contributed by atoms with Gasteiger partial charge in [0.1, 0.15) is 0 Å². The van der Waals surface area contributed by atoms with Gasteiger partial charge in [0.15, 0.2) is 0 Å². The summed E-state index contributed by atoms with van der Waals surface area (Å²) in [5.41, 5.74) is 18.4. The summed E-state index contributed by atoms with van der Waals surface area (Å²) < 4.78 is 0. The molecule has 0 amide bonds. The zero-order valence-corrected chi connectivity index (χ0v) is 24.2. The molecule has 6 aromatic rings. The highest BCUT2D eigenvalue weighted by Gasteiger charge is 2.44. The van der Waals surface area contributed by atoms with Crippen LogP contribution < -0.4 is 5.73 Å². The van der Waals surface area contributed by atoms with Gasteiger partial charge in [-0.05, 0) is 56.5 Å². The van der Waals surface area contributed by atoms with Gasteiger partial charge in [-0.2, -0.15) is 0 Å². The number of nitrogens with two attached hydrogens (primary N) is 1. The Bertz CT molecular complexity index is 1750. The van der Waals surface area contributed by atoms with Crippen LogP contribution in [0, 0.1) is 0 Å². The van der Waals surface area contributed by atoms with Gasteiger partial charge in [0.2, 0.25) is 0 Å². The van der Waals surface area contributed by atoms with E-state index < -0.39 is 5.54 Å². The van der Waals surface area contributed by atoms with Crippen LogP contribution in [0.25, 0.3) is 16.7 Å². The lowest BCUT2D eigenvalue weighted by Crippen LogP contribution is -2.45. The molecule has 43 heavy (non-hydrogen) atoms.